The number of carbonyl (C=O) groups is 1. The van der Waals surface area contributed by atoms with E-state index in [0.29, 0.717) is 0 Å². The number of hydrogen-bond acceptors (Lipinski definition) is 2. The molecule has 1 aliphatic carbocycles. The maximum atomic E-state index is 12.2. The molecule has 0 fully saturated rings. The predicted molar refractivity (Wildman–Crippen MR) is 62.9 cm³/mol. The third-order valence-electron chi connectivity index (χ3n) is 3.59. The van der Waals surface area contributed by atoms with Gasteiger partial charge in [0.2, 0.25) is 0 Å². The Balaban J connectivity index is 2.15. The fourth-order valence-corrected chi connectivity index (χ4v) is 2.73. The zero-order valence-electron chi connectivity index (χ0n) is 10.3. The Morgan fingerprint density at radius 1 is 1.38 bits per heavy atom. The molecule has 1 amide bonds. The third-order valence-corrected chi connectivity index (χ3v) is 3.59. The molecule has 90 valence electrons. The van der Waals surface area contributed by atoms with E-state index in [2.05, 4.69) is 6.92 Å². The lowest BCUT2D eigenvalue weighted by Gasteiger charge is -2.25. The van der Waals surface area contributed by atoms with Crippen molar-refractivity contribution in [1.82, 2.24) is 4.90 Å². The molecule has 1 atom stereocenters. The Kier molecular flexibility index (Phi) is 3.64. The average Bonchev–Trinajstić information content (AvgIpc) is 2.60. The van der Waals surface area contributed by atoms with Crippen molar-refractivity contribution in [2.24, 2.45) is 0 Å². The highest BCUT2D eigenvalue weighted by Gasteiger charge is 2.39. The summed E-state index contributed by atoms with van der Waals surface area (Å²) in [5.74, 6) is 0.231. The van der Waals surface area contributed by atoms with Crippen LogP contribution in [0.1, 0.15) is 45.4 Å². The summed E-state index contributed by atoms with van der Waals surface area (Å²) in [7, 11) is 1.71. The van der Waals surface area contributed by atoms with E-state index in [0.717, 1.165) is 44.2 Å². The van der Waals surface area contributed by atoms with Crippen molar-refractivity contribution in [2.75, 3.05) is 13.7 Å². The molecule has 0 saturated carbocycles. The van der Waals surface area contributed by atoms with E-state index in [9.17, 15) is 4.79 Å². The number of amides is 1. The van der Waals surface area contributed by atoms with Crippen LogP contribution in [0.2, 0.25) is 0 Å². The van der Waals surface area contributed by atoms with Gasteiger partial charge in [0.15, 0.2) is 6.23 Å². The molecular weight excluding hydrogens is 202 g/mol. The molecule has 3 nitrogen and oxygen atoms in total. The lowest BCUT2D eigenvalue weighted by Crippen LogP contribution is -2.37. The van der Waals surface area contributed by atoms with E-state index in [1.807, 2.05) is 4.90 Å². The molecule has 0 saturated heterocycles. The van der Waals surface area contributed by atoms with Crippen LogP contribution in [0.25, 0.3) is 0 Å². The SMILES string of the molecule is CCCCN1C(=O)C2=C(CCCC2)[C@H]1OC. The van der Waals surface area contributed by atoms with E-state index in [4.69, 9.17) is 4.74 Å². The summed E-state index contributed by atoms with van der Waals surface area (Å²) in [6.45, 7) is 2.98. The normalized spacial score (nSPS) is 25.2. The molecule has 0 unspecified atom stereocenters. The van der Waals surface area contributed by atoms with Gasteiger partial charge >= 0.3 is 0 Å². The first-order valence-corrected chi connectivity index (χ1v) is 6.35. The van der Waals surface area contributed by atoms with Crippen molar-refractivity contribution < 1.29 is 9.53 Å². The minimum atomic E-state index is -0.0608. The molecule has 16 heavy (non-hydrogen) atoms. The van der Waals surface area contributed by atoms with Crippen molar-refractivity contribution >= 4 is 5.91 Å². The molecule has 3 heteroatoms. The summed E-state index contributed by atoms with van der Waals surface area (Å²) >= 11 is 0. The Morgan fingerprint density at radius 2 is 2.12 bits per heavy atom. The molecule has 0 N–H and O–H groups in total. The zero-order chi connectivity index (χ0) is 11.5. The minimum Gasteiger partial charge on any atom is -0.357 e. The van der Waals surface area contributed by atoms with Crippen molar-refractivity contribution in [2.45, 2.75) is 51.7 Å². The minimum absolute atomic E-state index is 0.0608. The van der Waals surface area contributed by atoms with Gasteiger partial charge in [0, 0.05) is 19.2 Å². The van der Waals surface area contributed by atoms with Crippen molar-refractivity contribution in [3.05, 3.63) is 11.1 Å². The molecule has 0 aromatic carbocycles. The van der Waals surface area contributed by atoms with Gasteiger partial charge in [-0.2, -0.15) is 0 Å². The van der Waals surface area contributed by atoms with Crippen LogP contribution in [0.15, 0.2) is 11.1 Å². The number of unbranched alkanes of at least 4 members (excludes halogenated alkanes) is 1. The van der Waals surface area contributed by atoms with Gasteiger partial charge in [-0.3, -0.25) is 4.79 Å². The number of ether oxygens (including phenoxy) is 1. The van der Waals surface area contributed by atoms with Gasteiger partial charge in [-0.1, -0.05) is 13.3 Å². The second-order valence-electron chi connectivity index (χ2n) is 4.65. The van der Waals surface area contributed by atoms with Crippen molar-refractivity contribution in [3.8, 4) is 0 Å². The maximum absolute atomic E-state index is 12.2. The largest absolute Gasteiger partial charge is 0.357 e. The van der Waals surface area contributed by atoms with Crippen LogP contribution in [-0.4, -0.2) is 30.7 Å². The number of carbonyl (C=O) groups excluding carboxylic acids is 1. The summed E-state index contributed by atoms with van der Waals surface area (Å²) in [5, 5.41) is 0. The molecule has 1 heterocycles. The predicted octanol–water partition coefficient (Wildman–Crippen LogP) is 2.47. The summed E-state index contributed by atoms with van der Waals surface area (Å²) in [6.07, 6.45) is 6.47. The van der Waals surface area contributed by atoms with Crippen molar-refractivity contribution in [1.29, 1.82) is 0 Å². The highest BCUT2D eigenvalue weighted by molar-refractivity contribution is 5.97. The Morgan fingerprint density at radius 3 is 2.81 bits per heavy atom. The summed E-state index contributed by atoms with van der Waals surface area (Å²) < 4.78 is 5.51. The van der Waals surface area contributed by atoms with Gasteiger partial charge < -0.3 is 9.64 Å². The Hall–Kier alpha value is -0.830. The fourth-order valence-electron chi connectivity index (χ4n) is 2.73. The van der Waals surface area contributed by atoms with Crippen LogP contribution in [-0.2, 0) is 9.53 Å². The van der Waals surface area contributed by atoms with Gasteiger partial charge in [-0.05, 0) is 37.7 Å². The van der Waals surface area contributed by atoms with Crippen LogP contribution >= 0.6 is 0 Å². The summed E-state index contributed by atoms with van der Waals surface area (Å²) in [4.78, 5) is 14.1. The molecular formula is C13H21NO2. The van der Waals surface area contributed by atoms with Crippen LogP contribution < -0.4 is 0 Å². The first-order valence-electron chi connectivity index (χ1n) is 6.35. The Labute approximate surface area is 97.5 Å². The molecule has 0 radical (unpaired) electrons. The van der Waals surface area contributed by atoms with E-state index < -0.39 is 0 Å². The lowest BCUT2D eigenvalue weighted by molar-refractivity contribution is -0.133. The molecule has 0 aromatic heterocycles. The van der Waals surface area contributed by atoms with Gasteiger partial charge in [0.25, 0.3) is 5.91 Å². The lowest BCUT2D eigenvalue weighted by atomic mass is 9.93. The van der Waals surface area contributed by atoms with Gasteiger partial charge in [0.05, 0.1) is 0 Å². The topological polar surface area (TPSA) is 29.5 Å². The summed E-state index contributed by atoms with van der Waals surface area (Å²) in [5.41, 5.74) is 2.31. The molecule has 0 spiro atoms. The van der Waals surface area contributed by atoms with E-state index in [-0.39, 0.29) is 12.1 Å². The van der Waals surface area contributed by atoms with E-state index >= 15 is 0 Å². The first-order chi connectivity index (χ1) is 7.79. The Bertz CT molecular complexity index is 309. The van der Waals surface area contributed by atoms with Crippen molar-refractivity contribution in [3.63, 3.8) is 0 Å². The standard InChI is InChI=1S/C13H21NO2/c1-3-4-9-14-12(15)10-7-5-6-8-11(10)13(14)16-2/h13H,3-9H2,1-2H3/t13-/m1/s1. The molecule has 2 rings (SSSR count). The van der Waals surface area contributed by atoms with Gasteiger partial charge in [-0.25, -0.2) is 0 Å². The van der Waals surface area contributed by atoms with Gasteiger partial charge in [-0.15, -0.1) is 0 Å². The highest BCUT2D eigenvalue weighted by Crippen LogP contribution is 2.36. The maximum Gasteiger partial charge on any atom is 0.252 e. The molecule has 0 aromatic rings. The molecule has 2 aliphatic rings. The smallest absolute Gasteiger partial charge is 0.252 e. The summed E-state index contributed by atoms with van der Waals surface area (Å²) in [6, 6.07) is 0. The van der Waals surface area contributed by atoms with Crippen LogP contribution in [0, 0.1) is 0 Å². The quantitative estimate of drug-likeness (QED) is 0.732. The molecule has 1 aliphatic heterocycles. The highest BCUT2D eigenvalue weighted by atomic mass is 16.5. The third kappa shape index (κ3) is 1.88. The zero-order valence-corrected chi connectivity index (χ0v) is 10.3. The number of rotatable bonds is 4. The number of methoxy groups -OCH3 is 1. The first kappa shape index (κ1) is 11.6. The molecule has 0 bridgehead atoms. The van der Waals surface area contributed by atoms with Crippen LogP contribution in [0.4, 0.5) is 0 Å². The van der Waals surface area contributed by atoms with Crippen LogP contribution in [0.3, 0.4) is 0 Å². The van der Waals surface area contributed by atoms with Gasteiger partial charge in [0.1, 0.15) is 0 Å². The second kappa shape index (κ2) is 5.00. The van der Waals surface area contributed by atoms with E-state index in [1.165, 1.54) is 12.0 Å². The fraction of sp³-hybridized carbons (Fsp3) is 0.769. The second-order valence-corrected chi connectivity index (χ2v) is 4.65. The number of hydrogen-bond donors (Lipinski definition) is 0. The van der Waals surface area contributed by atoms with E-state index in [1.54, 1.807) is 7.11 Å². The van der Waals surface area contributed by atoms with Crippen LogP contribution in [0.5, 0.6) is 0 Å². The monoisotopic (exact) mass is 223 g/mol. The average molecular weight is 223 g/mol. The number of nitrogens with zero attached hydrogens (tertiary/aromatic N) is 1.